The summed E-state index contributed by atoms with van der Waals surface area (Å²) in [6.45, 7) is 2.04. The molecule has 8 heteroatoms. The summed E-state index contributed by atoms with van der Waals surface area (Å²) >= 11 is 0. The topological polar surface area (TPSA) is 98.1 Å². The van der Waals surface area contributed by atoms with Crippen molar-refractivity contribution in [3.63, 3.8) is 0 Å². The summed E-state index contributed by atoms with van der Waals surface area (Å²) in [5, 5.41) is 10.1. The third-order valence-electron chi connectivity index (χ3n) is 4.86. The van der Waals surface area contributed by atoms with E-state index in [0.717, 1.165) is 16.9 Å². The van der Waals surface area contributed by atoms with Crippen LogP contribution in [0.4, 0.5) is 10.5 Å². The number of amides is 2. The van der Waals surface area contributed by atoms with Crippen molar-refractivity contribution in [3.8, 4) is 5.69 Å². The van der Waals surface area contributed by atoms with Gasteiger partial charge in [-0.15, -0.1) is 0 Å². The van der Waals surface area contributed by atoms with E-state index >= 15 is 0 Å². The number of nitrogens with zero attached hydrogens (tertiary/aromatic N) is 3. The van der Waals surface area contributed by atoms with Crippen molar-refractivity contribution in [1.29, 1.82) is 0 Å². The molecule has 0 aliphatic heterocycles. The van der Waals surface area contributed by atoms with E-state index < -0.39 is 12.0 Å². The monoisotopic (exact) mass is 441 g/mol. The average molecular weight is 441 g/mol. The lowest BCUT2D eigenvalue weighted by molar-refractivity contribution is 0.0519. The van der Waals surface area contributed by atoms with Crippen molar-refractivity contribution in [1.82, 2.24) is 20.1 Å². The first kappa shape index (κ1) is 21.8. The van der Waals surface area contributed by atoms with Crippen molar-refractivity contribution in [2.75, 3.05) is 11.9 Å². The van der Waals surface area contributed by atoms with Crippen LogP contribution < -0.4 is 10.6 Å². The van der Waals surface area contributed by atoms with Gasteiger partial charge >= 0.3 is 12.0 Å². The fourth-order valence-electron chi connectivity index (χ4n) is 3.30. The lowest BCUT2D eigenvalue weighted by Gasteiger charge is -2.19. The second-order valence-corrected chi connectivity index (χ2v) is 7.11. The summed E-state index contributed by atoms with van der Waals surface area (Å²) in [5.41, 5.74) is 3.26. The van der Waals surface area contributed by atoms with Gasteiger partial charge in [-0.25, -0.2) is 14.3 Å². The van der Waals surface area contributed by atoms with Crippen molar-refractivity contribution >= 4 is 17.7 Å². The molecule has 1 atom stereocenters. The molecule has 0 aliphatic rings. The summed E-state index contributed by atoms with van der Waals surface area (Å²) in [5.74, 6) is -0.466. The number of nitrogens with one attached hydrogen (secondary N) is 2. The molecule has 1 unspecified atom stereocenters. The lowest BCUT2D eigenvalue weighted by Crippen LogP contribution is -2.33. The van der Waals surface area contributed by atoms with Crippen molar-refractivity contribution < 1.29 is 14.3 Å². The molecule has 0 saturated carbocycles. The van der Waals surface area contributed by atoms with Crippen molar-refractivity contribution in [3.05, 3.63) is 108 Å². The van der Waals surface area contributed by atoms with Crippen LogP contribution in [0.3, 0.4) is 0 Å². The average Bonchev–Trinajstić information content (AvgIpc) is 3.35. The van der Waals surface area contributed by atoms with E-state index in [9.17, 15) is 9.59 Å². The van der Waals surface area contributed by atoms with Crippen LogP contribution in [-0.4, -0.2) is 33.4 Å². The number of pyridine rings is 1. The SMILES string of the molecule is CCOC(=O)c1ccn(-c2ccc(NC(=O)NC(c3ccccc3)c3ccccn3)cc2)n1. The Bertz CT molecular complexity index is 1170. The second kappa shape index (κ2) is 10.2. The maximum absolute atomic E-state index is 12.7. The smallest absolute Gasteiger partial charge is 0.358 e. The molecule has 0 aliphatic carbocycles. The molecule has 4 rings (SSSR count). The third-order valence-corrected chi connectivity index (χ3v) is 4.86. The molecule has 2 amide bonds. The molecule has 0 bridgehead atoms. The molecule has 4 aromatic rings. The first-order chi connectivity index (χ1) is 16.1. The highest BCUT2D eigenvalue weighted by molar-refractivity contribution is 5.90. The van der Waals surface area contributed by atoms with Crippen LogP contribution in [0.5, 0.6) is 0 Å². The lowest BCUT2D eigenvalue weighted by atomic mass is 10.0. The maximum atomic E-state index is 12.7. The van der Waals surface area contributed by atoms with Gasteiger partial charge in [0.05, 0.1) is 24.0 Å². The van der Waals surface area contributed by atoms with E-state index in [2.05, 4.69) is 20.7 Å². The predicted molar refractivity (Wildman–Crippen MR) is 124 cm³/mol. The maximum Gasteiger partial charge on any atom is 0.358 e. The normalized spacial score (nSPS) is 11.4. The van der Waals surface area contributed by atoms with Gasteiger partial charge in [0.25, 0.3) is 0 Å². The summed E-state index contributed by atoms with van der Waals surface area (Å²) in [6, 6.07) is 23.2. The van der Waals surface area contributed by atoms with E-state index in [0.29, 0.717) is 12.3 Å². The Morgan fingerprint density at radius 1 is 0.970 bits per heavy atom. The molecular weight excluding hydrogens is 418 g/mol. The van der Waals surface area contributed by atoms with Gasteiger partial charge in [-0.3, -0.25) is 4.98 Å². The second-order valence-electron chi connectivity index (χ2n) is 7.11. The fraction of sp³-hybridized carbons (Fsp3) is 0.120. The molecule has 2 aromatic heterocycles. The molecule has 8 nitrogen and oxygen atoms in total. The van der Waals surface area contributed by atoms with Crippen LogP contribution >= 0.6 is 0 Å². The van der Waals surface area contributed by atoms with Gasteiger partial charge in [0.2, 0.25) is 0 Å². The minimum atomic E-state index is -0.466. The molecular formula is C25H23N5O3. The van der Waals surface area contributed by atoms with Crippen LogP contribution in [0.2, 0.25) is 0 Å². The zero-order valence-corrected chi connectivity index (χ0v) is 18.0. The number of benzene rings is 2. The minimum absolute atomic E-state index is 0.236. The fourth-order valence-corrected chi connectivity index (χ4v) is 3.30. The van der Waals surface area contributed by atoms with E-state index in [-0.39, 0.29) is 11.7 Å². The van der Waals surface area contributed by atoms with Crippen LogP contribution in [0.1, 0.15) is 34.7 Å². The largest absolute Gasteiger partial charge is 0.461 e. The first-order valence-corrected chi connectivity index (χ1v) is 10.5. The highest BCUT2D eigenvalue weighted by Crippen LogP contribution is 2.20. The molecule has 2 N–H and O–H groups in total. The van der Waals surface area contributed by atoms with E-state index in [1.54, 1.807) is 54.3 Å². The Morgan fingerprint density at radius 3 is 2.42 bits per heavy atom. The van der Waals surface area contributed by atoms with E-state index in [4.69, 9.17) is 4.74 Å². The quantitative estimate of drug-likeness (QED) is 0.416. The summed E-state index contributed by atoms with van der Waals surface area (Å²) < 4.78 is 6.53. The summed E-state index contributed by atoms with van der Waals surface area (Å²) in [6.07, 6.45) is 3.38. The number of rotatable bonds is 7. The number of hydrogen-bond donors (Lipinski definition) is 2. The van der Waals surface area contributed by atoms with Gasteiger partial charge in [0.1, 0.15) is 0 Å². The first-order valence-electron chi connectivity index (χ1n) is 10.5. The van der Waals surface area contributed by atoms with Gasteiger partial charge in [-0.1, -0.05) is 36.4 Å². The van der Waals surface area contributed by atoms with E-state index in [1.807, 2.05) is 48.5 Å². The predicted octanol–water partition coefficient (Wildman–Crippen LogP) is 4.36. The van der Waals surface area contributed by atoms with Crippen LogP contribution in [0.25, 0.3) is 5.69 Å². The van der Waals surface area contributed by atoms with Gasteiger partial charge in [0.15, 0.2) is 5.69 Å². The number of carbonyl (C=O) groups excluding carboxylic acids is 2. The number of esters is 1. The van der Waals surface area contributed by atoms with Gasteiger partial charge < -0.3 is 15.4 Å². The number of ether oxygens (including phenoxy) is 1. The highest BCUT2D eigenvalue weighted by Gasteiger charge is 2.18. The van der Waals surface area contributed by atoms with Gasteiger partial charge in [0, 0.05) is 18.1 Å². The standard InChI is InChI=1S/C25H23N5O3/c1-2-33-24(31)22-15-17-30(29-22)20-13-11-19(12-14-20)27-25(32)28-23(18-8-4-3-5-9-18)21-10-6-7-16-26-21/h3-17,23H,2H2,1H3,(H2,27,28,32). The van der Waals surface area contributed by atoms with Crippen LogP contribution in [-0.2, 0) is 4.74 Å². The molecule has 0 saturated heterocycles. The number of urea groups is 1. The van der Waals surface area contributed by atoms with Crippen LogP contribution in [0, 0.1) is 0 Å². The Morgan fingerprint density at radius 2 is 1.73 bits per heavy atom. The third kappa shape index (κ3) is 5.43. The molecule has 2 aromatic carbocycles. The zero-order valence-electron chi connectivity index (χ0n) is 18.0. The molecule has 0 spiro atoms. The van der Waals surface area contributed by atoms with Gasteiger partial charge in [-0.05, 0) is 55.0 Å². The number of hydrogen-bond acceptors (Lipinski definition) is 5. The van der Waals surface area contributed by atoms with Crippen molar-refractivity contribution in [2.24, 2.45) is 0 Å². The Labute approximate surface area is 191 Å². The zero-order chi connectivity index (χ0) is 23.0. The number of aromatic nitrogens is 3. The Hall–Kier alpha value is -4.46. The summed E-state index contributed by atoms with van der Waals surface area (Å²) in [7, 11) is 0. The van der Waals surface area contributed by atoms with E-state index in [1.165, 1.54) is 0 Å². The Kier molecular flexibility index (Phi) is 6.75. The molecule has 2 heterocycles. The van der Waals surface area contributed by atoms with Crippen LogP contribution in [0.15, 0.2) is 91.3 Å². The van der Waals surface area contributed by atoms with Crippen molar-refractivity contribution in [2.45, 2.75) is 13.0 Å². The van der Waals surface area contributed by atoms with Gasteiger partial charge in [-0.2, -0.15) is 5.10 Å². The molecule has 33 heavy (non-hydrogen) atoms. The number of carbonyl (C=O) groups is 2. The molecule has 166 valence electrons. The summed E-state index contributed by atoms with van der Waals surface area (Å²) in [4.78, 5) is 28.9. The number of anilines is 1. The Balaban J connectivity index is 1.44. The molecule has 0 radical (unpaired) electrons. The molecule has 0 fully saturated rings. The highest BCUT2D eigenvalue weighted by atomic mass is 16.5. The minimum Gasteiger partial charge on any atom is -0.461 e.